The van der Waals surface area contributed by atoms with E-state index in [0.29, 0.717) is 24.1 Å². The molecule has 2 aromatic carbocycles. The number of aryl methyl sites for hydroxylation is 2. The van der Waals surface area contributed by atoms with Crippen LogP contribution in [0, 0.1) is 24.0 Å². The van der Waals surface area contributed by atoms with Crippen molar-refractivity contribution in [3.63, 3.8) is 0 Å². The maximum absolute atomic E-state index is 12.8. The second-order valence-electron chi connectivity index (χ2n) is 8.60. The summed E-state index contributed by atoms with van der Waals surface area (Å²) >= 11 is 0. The van der Waals surface area contributed by atoms with E-state index < -0.39 is 23.0 Å². The Morgan fingerprint density at radius 3 is 2.49 bits per heavy atom. The van der Waals surface area contributed by atoms with Crippen molar-refractivity contribution in [3.8, 4) is 0 Å². The SMILES string of the molecule is CC1=C(C(=O)O)C(c2cccc([N+](=O)[O-])c2)N(CCCN(C)C(=O)c2ccc(C)c(C)c2)C(=O)N1. The van der Waals surface area contributed by atoms with Gasteiger partial charge in [0.1, 0.15) is 0 Å². The molecule has 1 unspecified atom stereocenters. The normalized spacial score (nSPS) is 15.6. The minimum absolute atomic E-state index is 0.0651. The average molecular weight is 481 g/mol. The molecule has 3 rings (SSSR count). The minimum atomic E-state index is -1.23. The second kappa shape index (κ2) is 10.4. The maximum atomic E-state index is 12.8. The molecule has 1 atom stereocenters. The van der Waals surface area contributed by atoms with Crippen LogP contribution in [-0.4, -0.2) is 57.9 Å². The lowest BCUT2D eigenvalue weighted by atomic mass is 9.93. The van der Waals surface area contributed by atoms with E-state index in [-0.39, 0.29) is 29.4 Å². The number of carbonyl (C=O) groups is 3. The van der Waals surface area contributed by atoms with Gasteiger partial charge in [-0.3, -0.25) is 14.9 Å². The number of hydrogen-bond acceptors (Lipinski definition) is 5. The number of nitro benzene ring substituents is 1. The van der Waals surface area contributed by atoms with Gasteiger partial charge in [0.2, 0.25) is 0 Å². The van der Waals surface area contributed by atoms with E-state index in [2.05, 4.69) is 5.32 Å². The van der Waals surface area contributed by atoms with E-state index >= 15 is 0 Å². The number of nitro groups is 1. The molecule has 1 aliphatic rings. The highest BCUT2D eigenvalue weighted by atomic mass is 16.6. The van der Waals surface area contributed by atoms with Gasteiger partial charge in [-0.25, -0.2) is 9.59 Å². The maximum Gasteiger partial charge on any atom is 0.335 e. The van der Waals surface area contributed by atoms with Crippen molar-refractivity contribution >= 4 is 23.6 Å². The molecule has 184 valence electrons. The standard InChI is InChI=1S/C25H28N4O6/c1-15-9-10-19(13-16(15)2)23(30)27(4)11-6-12-28-22(18-7-5-8-20(14-18)29(34)35)21(24(31)32)17(3)26-25(28)33/h5,7-10,13-14,22H,6,11-12H2,1-4H3,(H,26,33)(H,31,32). The van der Waals surface area contributed by atoms with E-state index in [4.69, 9.17) is 0 Å². The molecule has 35 heavy (non-hydrogen) atoms. The molecule has 0 saturated carbocycles. The number of non-ortho nitro benzene ring substituents is 1. The lowest BCUT2D eigenvalue weighted by Gasteiger charge is -2.37. The van der Waals surface area contributed by atoms with E-state index in [1.807, 2.05) is 26.0 Å². The predicted molar refractivity (Wildman–Crippen MR) is 129 cm³/mol. The molecule has 0 aromatic heterocycles. The van der Waals surface area contributed by atoms with Crippen LogP contribution in [0.4, 0.5) is 10.5 Å². The molecule has 0 saturated heterocycles. The fourth-order valence-corrected chi connectivity index (χ4v) is 4.12. The van der Waals surface area contributed by atoms with Crippen LogP contribution in [0.3, 0.4) is 0 Å². The summed E-state index contributed by atoms with van der Waals surface area (Å²) in [7, 11) is 1.67. The summed E-state index contributed by atoms with van der Waals surface area (Å²) in [6.45, 7) is 5.84. The first kappa shape index (κ1) is 25.4. The lowest BCUT2D eigenvalue weighted by molar-refractivity contribution is -0.384. The Kier molecular flexibility index (Phi) is 7.53. The van der Waals surface area contributed by atoms with Gasteiger partial charge < -0.3 is 20.2 Å². The number of urea groups is 1. The van der Waals surface area contributed by atoms with Gasteiger partial charge in [0.25, 0.3) is 11.6 Å². The van der Waals surface area contributed by atoms with Crippen molar-refractivity contribution in [3.05, 3.63) is 86.1 Å². The fraction of sp³-hybridized carbons (Fsp3) is 0.320. The Labute approximate surface area is 203 Å². The van der Waals surface area contributed by atoms with E-state index in [1.54, 1.807) is 24.1 Å². The number of nitrogens with one attached hydrogen (secondary N) is 1. The average Bonchev–Trinajstić information content (AvgIpc) is 2.81. The van der Waals surface area contributed by atoms with Crippen LogP contribution < -0.4 is 5.32 Å². The van der Waals surface area contributed by atoms with Crippen LogP contribution in [0.5, 0.6) is 0 Å². The molecule has 0 fully saturated rings. The summed E-state index contributed by atoms with van der Waals surface area (Å²) in [5.41, 5.74) is 2.90. The highest BCUT2D eigenvalue weighted by Crippen LogP contribution is 2.35. The third kappa shape index (κ3) is 5.48. The van der Waals surface area contributed by atoms with Gasteiger partial charge in [0.05, 0.1) is 16.5 Å². The van der Waals surface area contributed by atoms with Crippen LogP contribution >= 0.6 is 0 Å². The molecule has 3 amide bonds. The predicted octanol–water partition coefficient (Wildman–Crippen LogP) is 3.80. The summed E-state index contributed by atoms with van der Waals surface area (Å²) in [5.74, 6) is -1.39. The van der Waals surface area contributed by atoms with Crippen LogP contribution in [0.2, 0.25) is 0 Å². The van der Waals surface area contributed by atoms with Crippen molar-refractivity contribution in [2.45, 2.75) is 33.2 Å². The lowest BCUT2D eigenvalue weighted by Crippen LogP contribution is -2.49. The fourth-order valence-electron chi connectivity index (χ4n) is 4.12. The van der Waals surface area contributed by atoms with Crippen molar-refractivity contribution in [2.75, 3.05) is 20.1 Å². The first-order chi connectivity index (χ1) is 16.5. The number of carboxylic acid groups (broad SMARTS) is 1. The molecular formula is C25H28N4O6. The Morgan fingerprint density at radius 2 is 1.86 bits per heavy atom. The Balaban J connectivity index is 1.82. The van der Waals surface area contributed by atoms with Crippen molar-refractivity contribution < 1.29 is 24.4 Å². The van der Waals surface area contributed by atoms with Gasteiger partial charge in [0, 0.05) is 43.5 Å². The van der Waals surface area contributed by atoms with E-state index in [9.17, 15) is 29.6 Å². The molecule has 0 bridgehead atoms. The second-order valence-corrected chi connectivity index (χ2v) is 8.60. The molecule has 2 aromatic rings. The number of amides is 3. The monoisotopic (exact) mass is 480 g/mol. The number of benzene rings is 2. The summed E-state index contributed by atoms with van der Waals surface area (Å²) < 4.78 is 0. The van der Waals surface area contributed by atoms with Gasteiger partial charge in [-0.1, -0.05) is 18.2 Å². The quantitative estimate of drug-likeness (QED) is 0.436. The van der Waals surface area contributed by atoms with Gasteiger partial charge >= 0.3 is 12.0 Å². The topological polar surface area (TPSA) is 133 Å². The summed E-state index contributed by atoms with van der Waals surface area (Å²) in [6.07, 6.45) is 0.373. The summed E-state index contributed by atoms with van der Waals surface area (Å²) in [5, 5.41) is 23.7. The van der Waals surface area contributed by atoms with Crippen LogP contribution in [0.25, 0.3) is 0 Å². The molecule has 0 spiro atoms. The highest BCUT2D eigenvalue weighted by molar-refractivity contribution is 5.94. The first-order valence-corrected chi connectivity index (χ1v) is 11.1. The number of rotatable bonds is 8. The number of aliphatic carboxylic acids is 1. The number of carbonyl (C=O) groups excluding carboxylic acids is 2. The van der Waals surface area contributed by atoms with E-state index in [0.717, 1.165) is 11.1 Å². The van der Waals surface area contributed by atoms with Gasteiger partial charge in [-0.2, -0.15) is 0 Å². The van der Waals surface area contributed by atoms with Gasteiger partial charge in [0.15, 0.2) is 0 Å². The van der Waals surface area contributed by atoms with Crippen molar-refractivity contribution in [1.82, 2.24) is 15.1 Å². The Morgan fingerprint density at radius 1 is 1.14 bits per heavy atom. The first-order valence-electron chi connectivity index (χ1n) is 11.1. The van der Waals surface area contributed by atoms with Crippen molar-refractivity contribution in [1.29, 1.82) is 0 Å². The third-order valence-corrected chi connectivity index (χ3v) is 6.16. The zero-order chi connectivity index (χ0) is 25.9. The molecular weight excluding hydrogens is 452 g/mol. The van der Waals surface area contributed by atoms with Gasteiger partial charge in [-0.05, 0) is 56.0 Å². The molecule has 1 aliphatic heterocycles. The molecule has 0 radical (unpaired) electrons. The summed E-state index contributed by atoms with van der Waals surface area (Å²) in [4.78, 5) is 51.3. The number of carboxylic acids is 1. The van der Waals surface area contributed by atoms with E-state index in [1.165, 1.54) is 30.0 Å². The molecule has 10 heteroatoms. The summed E-state index contributed by atoms with van der Waals surface area (Å²) in [6, 6.07) is 9.58. The number of nitrogens with zero attached hydrogens (tertiary/aromatic N) is 3. The zero-order valence-corrected chi connectivity index (χ0v) is 20.1. The van der Waals surface area contributed by atoms with Crippen molar-refractivity contribution in [2.24, 2.45) is 0 Å². The smallest absolute Gasteiger partial charge is 0.335 e. The van der Waals surface area contributed by atoms with Crippen LogP contribution in [-0.2, 0) is 4.79 Å². The molecule has 1 heterocycles. The third-order valence-electron chi connectivity index (χ3n) is 6.16. The largest absolute Gasteiger partial charge is 0.478 e. The molecule has 10 nitrogen and oxygen atoms in total. The molecule has 2 N–H and O–H groups in total. The Hall–Kier alpha value is -4.21. The minimum Gasteiger partial charge on any atom is -0.478 e. The Bertz CT molecular complexity index is 1220. The molecule has 0 aliphatic carbocycles. The highest BCUT2D eigenvalue weighted by Gasteiger charge is 2.38. The number of hydrogen-bond donors (Lipinski definition) is 2. The van der Waals surface area contributed by atoms with Crippen LogP contribution in [0.1, 0.15) is 46.4 Å². The van der Waals surface area contributed by atoms with Gasteiger partial charge in [-0.15, -0.1) is 0 Å². The zero-order valence-electron chi connectivity index (χ0n) is 20.1. The van der Waals surface area contributed by atoms with Crippen LogP contribution in [0.15, 0.2) is 53.7 Å². The number of allylic oxidation sites excluding steroid dienone is 1.